The average Bonchev–Trinajstić information content (AvgIpc) is 3.39. The van der Waals surface area contributed by atoms with Gasteiger partial charge in [-0.25, -0.2) is 0 Å². The lowest BCUT2D eigenvalue weighted by molar-refractivity contribution is 0.0953. The first-order chi connectivity index (χ1) is 14.2. The standard InChI is InChI=1S/C22H22N2O3S2/c1-3-10-28-17-8-9-19-15(11-17)12-20(27-19)21(25)24-22-23-18(13-29-22)14-4-6-16(26-2)7-5-14/h4-9,11-12,18H,3,10,13H2,1-2H3,(H,23,24,25). The topological polar surface area (TPSA) is 63.8 Å². The maximum absolute atomic E-state index is 12.6. The second kappa shape index (κ2) is 8.97. The van der Waals surface area contributed by atoms with Gasteiger partial charge >= 0.3 is 0 Å². The normalized spacial score (nSPS) is 16.1. The smallest absolute Gasteiger partial charge is 0.292 e. The van der Waals surface area contributed by atoms with Gasteiger partial charge < -0.3 is 9.15 Å². The van der Waals surface area contributed by atoms with E-state index in [-0.39, 0.29) is 11.9 Å². The van der Waals surface area contributed by atoms with Crippen LogP contribution in [0.2, 0.25) is 0 Å². The summed E-state index contributed by atoms with van der Waals surface area (Å²) in [6.07, 6.45) is 1.12. The van der Waals surface area contributed by atoms with Gasteiger partial charge in [-0.2, -0.15) is 0 Å². The summed E-state index contributed by atoms with van der Waals surface area (Å²) in [6, 6.07) is 15.7. The zero-order chi connectivity index (χ0) is 20.2. The fourth-order valence-electron chi connectivity index (χ4n) is 3.04. The number of amidine groups is 1. The van der Waals surface area contributed by atoms with E-state index in [0.717, 1.165) is 34.6 Å². The number of hydrogen-bond donors (Lipinski definition) is 1. The lowest BCUT2D eigenvalue weighted by Crippen LogP contribution is -2.26. The lowest BCUT2D eigenvalue weighted by atomic mass is 10.1. The Bertz CT molecular complexity index is 1040. The quantitative estimate of drug-likeness (QED) is 0.526. The number of methoxy groups -OCH3 is 1. The number of thioether (sulfide) groups is 2. The number of rotatable bonds is 6. The molecule has 1 N–H and O–H groups in total. The van der Waals surface area contributed by atoms with E-state index >= 15 is 0 Å². The molecule has 3 aromatic rings. The maximum Gasteiger partial charge on any atom is 0.292 e. The Morgan fingerprint density at radius 2 is 2.10 bits per heavy atom. The average molecular weight is 427 g/mol. The monoisotopic (exact) mass is 426 g/mol. The first-order valence-electron chi connectivity index (χ1n) is 9.48. The minimum absolute atomic E-state index is 0.0232. The minimum Gasteiger partial charge on any atom is -0.497 e. The molecule has 0 radical (unpaired) electrons. The molecule has 0 saturated carbocycles. The molecule has 1 aliphatic rings. The molecule has 4 rings (SSSR count). The summed E-state index contributed by atoms with van der Waals surface area (Å²) in [5.41, 5.74) is 1.82. The Morgan fingerprint density at radius 1 is 1.28 bits per heavy atom. The highest BCUT2D eigenvalue weighted by atomic mass is 32.2. The molecule has 2 heterocycles. The van der Waals surface area contributed by atoms with Crippen LogP contribution in [0.3, 0.4) is 0 Å². The van der Waals surface area contributed by atoms with E-state index in [9.17, 15) is 4.79 Å². The van der Waals surface area contributed by atoms with E-state index in [2.05, 4.69) is 23.3 Å². The molecule has 0 aliphatic carbocycles. The number of carbonyl (C=O) groups excluding carboxylic acids is 1. The number of hydrogen-bond acceptors (Lipinski definition) is 6. The van der Waals surface area contributed by atoms with E-state index in [0.29, 0.717) is 16.5 Å². The first kappa shape index (κ1) is 19.9. The van der Waals surface area contributed by atoms with Crippen LogP contribution in [0.15, 0.2) is 62.8 Å². The van der Waals surface area contributed by atoms with Crippen molar-refractivity contribution in [2.24, 2.45) is 4.99 Å². The molecule has 0 spiro atoms. The van der Waals surface area contributed by atoms with Crippen molar-refractivity contribution >= 4 is 45.6 Å². The van der Waals surface area contributed by atoms with Gasteiger partial charge in [0.25, 0.3) is 5.91 Å². The molecule has 29 heavy (non-hydrogen) atoms. The first-order valence-corrected chi connectivity index (χ1v) is 11.5. The Balaban J connectivity index is 1.44. The number of furan rings is 1. The van der Waals surface area contributed by atoms with Crippen molar-refractivity contribution in [2.45, 2.75) is 24.3 Å². The molecule has 1 atom stereocenters. The number of carbonyl (C=O) groups is 1. The van der Waals surface area contributed by atoms with Gasteiger partial charge in [-0.05, 0) is 54.1 Å². The number of fused-ring (bicyclic) bond motifs is 1. The van der Waals surface area contributed by atoms with Crippen LogP contribution in [-0.2, 0) is 0 Å². The van der Waals surface area contributed by atoms with Crippen molar-refractivity contribution < 1.29 is 13.9 Å². The number of nitrogens with one attached hydrogen (secondary N) is 1. The van der Waals surface area contributed by atoms with Crippen molar-refractivity contribution in [2.75, 3.05) is 18.6 Å². The van der Waals surface area contributed by atoms with E-state index in [1.165, 1.54) is 16.7 Å². The van der Waals surface area contributed by atoms with E-state index in [4.69, 9.17) is 9.15 Å². The van der Waals surface area contributed by atoms with Crippen LogP contribution in [0.1, 0.15) is 35.5 Å². The maximum atomic E-state index is 12.6. The van der Waals surface area contributed by atoms with Gasteiger partial charge in [-0.3, -0.25) is 15.1 Å². The molecule has 7 heteroatoms. The molecule has 150 valence electrons. The molecule has 1 aliphatic heterocycles. The zero-order valence-corrected chi connectivity index (χ0v) is 17.9. The third-order valence-corrected chi connectivity index (χ3v) is 6.72. The molecule has 0 fully saturated rings. The van der Waals surface area contributed by atoms with Crippen molar-refractivity contribution in [1.82, 2.24) is 5.32 Å². The Morgan fingerprint density at radius 3 is 2.86 bits per heavy atom. The van der Waals surface area contributed by atoms with Crippen LogP contribution in [0.4, 0.5) is 0 Å². The number of nitrogens with zero attached hydrogens (tertiary/aromatic N) is 1. The number of benzene rings is 2. The van der Waals surface area contributed by atoms with Crippen LogP contribution in [0.5, 0.6) is 5.75 Å². The van der Waals surface area contributed by atoms with Crippen molar-refractivity contribution in [3.8, 4) is 5.75 Å². The van der Waals surface area contributed by atoms with Gasteiger partial charge in [0.15, 0.2) is 10.9 Å². The highest BCUT2D eigenvalue weighted by Crippen LogP contribution is 2.31. The molecular formula is C22H22N2O3S2. The second-order valence-corrected chi connectivity index (χ2v) is 8.82. The SMILES string of the molecule is CCCSc1ccc2oc(C(=O)NC3=NC(c4ccc(OC)cc4)CS3)cc2c1. The van der Waals surface area contributed by atoms with Crippen LogP contribution < -0.4 is 10.1 Å². The minimum atomic E-state index is -0.273. The number of ether oxygens (including phenoxy) is 1. The summed E-state index contributed by atoms with van der Waals surface area (Å²) >= 11 is 3.35. The summed E-state index contributed by atoms with van der Waals surface area (Å²) in [4.78, 5) is 18.5. The van der Waals surface area contributed by atoms with Gasteiger partial charge in [0, 0.05) is 16.0 Å². The van der Waals surface area contributed by atoms with E-state index < -0.39 is 0 Å². The molecule has 1 aromatic heterocycles. The van der Waals surface area contributed by atoms with Crippen molar-refractivity contribution in [1.29, 1.82) is 0 Å². The Labute approximate surface area is 178 Å². The van der Waals surface area contributed by atoms with Crippen LogP contribution in [0.25, 0.3) is 11.0 Å². The third-order valence-electron chi connectivity index (χ3n) is 4.56. The third kappa shape index (κ3) is 4.62. The molecule has 0 saturated heterocycles. The zero-order valence-electron chi connectivity index (χ0n) is 16.3. The van der Waals surface area contributed by atoms with Gasteiger partial charge in [0.2, 0.25) is 0 Å². The number of amides is 1. The molecule has 2 aromatic carbocycles. The Hall–Kier alpha value is -2.38. The second-order valence-electron chi connectivity index (χ2n) is 6.65. The van der Waals surface area contributed by atoms with Crippen molar-refractivity contribution in [3.05, 3.63) is 59.9 Å². The van der Waals surface area contributed by atoms with Gasteiger partial charge in [-0.15, -0.1) is 11.8 Å². The van der Waals surface area contributed by atoms with Crippen LogP contribution in [0, 0.1) is 0 Å². The summed E-state index contributed by atoms with van der Waals surface area (Å²) in [7, 11) is 1.65. The van der Waals surface area contributed by atoms with Crippen LogP contribution >= 0.6 is 23.5 Å². The molecule has 1 amide bonds. The Kier molecular flexibility index (Phi) is 6.16. The predicted octanol–water partition coefficient (Wildman–Crippen LogP) is 5.52. The predicted molar refractivity (Wildman–Crippen MR) is 120 cm³/mol. The van der Waals surface area contributed by atoms with E-state index in [1.807, 2.05) is 36.4 Å². The van der Waals surface area contributed by atoms with Crippen molar-refractivity contribution in [3.63, 3.8) is 0 Å². The fraction of sp³-hybridized carbons (Fsp3) is 0.273. The summed E-state index contributed by atoms with van der Waals surface area (Å²) in [5, 5.41) is 4.44. The lowest BCUT2D eigenvalue weighted by Gasteiger charge is -2.06. The van der Waals surface area contributed by atoms with Gasteiger partial charge in [0.05, 0.1) is 13.2 Å². The van der Waals surface area contributed by atoms with Gasteiger partial charge in [-0.1, -0.05) is 30.8 Å². The van der Waals surface area contributed by atoms with Crippen LogP contribution in [-0.4, -0.2) is 29.7 Å². The number of aliphatic imine (C=N–C) groups is 1. The largest absolute Gasteiger partial charge is 0.497 e. The summed E-state index contributed by atoms with van der Waals surface area (Å²) in [6.45, 7) is 2.16. The summed E-state index contributed by atoms with van der Waals surface area (Å²) in [5.74, 6) is 2.71. The molecule has 1 unspecified atom stereocenters. The molecular weight excluding hydrogens is 404 g/mol. The summed E-state index contributed by atoms with van der Waals surface area (Å²) < 4.78 is 10.9. The molecule has 0 bridgehead atoms. The van der Waals surface area contributed by atoms with E-state index in [1.54, 1.807) is 24.9 Å². The fourth-order valence-corrected chi connectivity index (χ4v) is 4.80. The highest BCUT2D eigenvalue weighted by molar-refractivity contribution is 8.14. The van der Waals surface area contributed by atoms with Gasteiger partial charge in [0.1, 0.15) is 11.3 Å². The highest BCUT2D eigenvalue weighted by Gasteiger charge is 2.23. The molecule has 5 nitrogen and oxygen atoms in total.